The van der Waals surface area contributed by atoms with Crippen LogP contribution >= 0.6 is 0 Å². The summed E-state index contributed by atoms with van der Waals surface area (Å²) in [6.45, 7) is 10.4. The van der Waals surface area contributed by atoms with Gasteiger partial charge >= 0.3 is 0 Å². The summed E-state index contributed by atoms with van der Waals surface area (Å²) in [4.78, 5) is 21.0. The molecule has 1 amide bonds. The number of carbonyl (C=O) groups excluding carboxylic acids is 1. The van der Waals surface area contributed by atoms with E-state index in [1.54, 1.807) is 0 Å². The molecule has 26 heavy (non-hydrogen) atoms. The molecule has 2 fully saturated rings. The van der Waals surface area contributed by atoms with E-state index in [9.17, 15) is 4.79 Å². The van der Waals surface area contributed by atoms with Gasteiger partial charge in [-0.05, 0) is 51.7 Å². The first-order valence-corrected chi connectivity index (χ1v) is 10.6. The fraction of sp³-hybridized carbons (Fsp3) is 0.900. The molecule has 0 aromatic carbocycles. The third kappa shape index (κ3) is 7.14. The standard InChI is InChI=1S/C20H39N5O/c1-17(2)19(26)25-15-10-18(16-25)23-20(21-3)22-11-6-4-7-12-24-13-8-5-9-14-24/h17-18H,4-16H2,1-3H3,(H2,21,22,23). The zero-order valence-electron chi connectivity index (χ0n) is 17.1. The van der Waals surface area contributed by atoms with Crippen LogP contribution in [0.4, 0.5) is 0 Å². The maximum Gasteiger partial charge on any atom is 0.225 e. The molecule has 0 bridgehead atoms. The number of rotatable bonds is 8. The van der Waals surface area contributed by atoms with Gasteiger partial charge in [-0.25, -0.2) is 0 Å². The van der Waals surface area contributed by atoms with Crippen molar-refractivity contribution < 1.29 is 4.79 Å². The van der Waals surface area contributed by atoms with Crippen LogP contribution in [0, 0.1) is 5.92 Å². The number of nitrogens with one attached hydrogen (secondary N) is 2. The zero-order valence-corrected chi connectivity index (χ0v) is 17.1. The number of guanidine groups is 1. The van der Waals surface area contributed by atoms with Gasteiger partial charge in [-0.3, -0.25) is 9.79 Å². The van der Waals surface area contributed by atoms with Crippen LogP contribution in [-0.2, 0) is 4.79 Å². The van der Waals surface area contributed by atoms with E-state index in [2.05, 4.69) is 20.5 Å². The number of amides is 1. The highest BCUT2D eigenvalue weighted by Crippen LogP contribution is 2.13. The first kappa shape index (κ1) is 21.0. The molecule has 2 heterocycles. The predicted octanol–water partition coefficient (Wildman–Crippen LogP) is 2.06. The molecule has 2 saturated heterocycles. The predicted molar refractivity (Wildman–Crippen MR) is 108 cm³/mol. The molecule has 2 N–H and O–H groups in total. The van der Waals surface area contributed by atoms with Crippen LogP contribution in [0.3, 0.4) is 0 Å². The van der Waals surface area contributed by atoms with Crippen LogP contribution in [0.15, 0.2) is 4.99 Å². The molecule has 0 spiro atoms. The molecule has 0 aromatic rings. The Bertz CT molecular complexity index is 445. The van der Waals surface area contributed by atoms with E-state index in [-0.39, 0.29) is 11.8 Å². The Labute approximate surface area is 159 Å². The maximum atomic E-state index is 12.1. The van der Waals surface area contributed by atoms with Crippen molar-refractivity contribution in [2.75, 3.05) is 46.3 Å². The topological polar surface area (TPSA) is 60.0 Å². The molecule has 2 aliphatic heterocycles. The van der Waals surface area contributed by atoms with Crippen molar-refractivity contribution in [1.29, 1.82) is 0 Å². The molecule has 0 aromatic heterocycles. The Kier molecular flexibility index (Phi) is 9.23. The van der Waals surface area contributed by atoms with Crippen molar-refractivity contribution in [3.63, 3.8) is 0 Å². The van der Waals surface area contributed by atoms with Gasteiger partial charge in [0.25, 0.3) is 0 Å². The van der Waals surface area contributed by atoms with Gasteiger partial charge in [-0.2, -0.15) is 0 Å². The number of piperidine rings is 1. The number of aliphatic imine (C=N–C) groups is 1. The van der Waals surface area contributed by atoms with E-state index in [1.165, 1.54) is 58.2 Å². The number of unbranched alkanes of at least 4 members (excludes halogenated alkanes) is 2. The quantitative estimate of drug-likeness (QED) is 0.393. The highest BCUT2D eigenvalue weighted by molar-refractivity contribution is 5.81. The van der Waals surface area contributed by atoms with Gasteiger partial charge in [0.1, 0.15) is 0 Å². The van der Waals surface area contributed by atoms with Crippen LogP contribution in [-0.4, -0.2) is 74.0 Å². The largest absolute Gasteiger partial charge is 0.356 e. The van der Waals surface area contributed by atoms with Crippen LogP contribution in [0.25, 0.3) is 0 Å². The van der Waals surface area contributed by atoms with Gasteiger partial charge < -0.3 is 20.4 Å². The first-order chi connectivity index (χ1) is 12.6. The fourth-order valence-electron chi connectivity index (χ4n) is 3.86. The highest BCUT2D eigenvalue weighted by atomic mass is 16.2. The maximum absolute atomic E-state index is 12.1. The van der Waals surface area contributed by atoms with Gasteiger partial charge in [-0.1, -0.05) is 26.7 Å². The lowest BCUT2D eigenvalue weighted by Gasteiger charge is -2.26. The number of hydrogen-bond donors (Lipinski definition) is 2. The van der Waals surface area contributed by atoms with Gasteiger partial charge in [0.2, 0.25) is 5.91 Å². The number of hydrogen-bond acceptors (Lipinski definition) is 3. The molecule has 6 heteroatoms. The van der Waals surface area contributed by atoms with E-state index >= 15 is 0 Å². The third-order valence-corrected chi connectivity index (χ3v) is 5.45. The number of likely N-dealkylation sites (tertiary alicyclic amines) is 2. The second kappa shape index (κ2) is 11.4. The van der Waals surface area contributed by atoms with Crippen LogP contribution in [0.1, 0.15) is 58.8 Å². The fourth-order valence-corrected chi connectivity index (χ4v) is 3.86. The van der Waals surface area contributed by atoms with E-state index in [4.69, 9.17) is 0 Å². The average Bonchev–Trinajstić information content (AvgIpc) is 3.12. The van der Waals surface area contributed by atoms with Crippen LogP contribution in [0.2, 0.25) is 0 Å². The molecule has 0 saturated carbocycles. The number of carbonyl (C=O) groups is 1. The normalized spacial score (nSPS) is 22.1. The molecule has 2 aliphatic rings. The summed E-state index contributed by atoms with van der Waals surface area (Å²) in [6.07, 6.45) is 8.90. The smallest absolute Gasteiger partial charge is 0.225 e. The zero-order chi connectivity index (χ0) is 18.8. The average molecular weight is 366 g/mol. The van der Waals surface area contributed by atoms with E-state index in [0.29, 0.717) is 6.04 Å². The van der Waals surface area contributed by atoms with Crippen LogP contribution < -0.4 is 10.6 Å². The first-order valence-electron chi connectivity index (χ1n) is 10.6. The molecule has 0 radical (unpaired) electrons. The summed E-state index contributed by atoms with van der Waals surface area (Å²) in [7, 11) is 1.82. The molecule has 1 atom stereocenters. The minimum atomic E-state index is 0.0797. The molecule has 6 nitrogen and oxygen atoms in total. The van der Waals surface area contributed by atoms with Crippen LogP contribution in [0.5, 0.6) is 0 Å². The Morgan fingerprint density at radius 2 is 1.88 bits per heavy atom. The van der Waals surface area contributed by atoms with Crippen molar-refractivity contribution in [2.45, 2.75) is 64.8 Å². The van der Waals surface area contributed by atoms with E-state index in [1.807, 2.05) is 25.8 Å². The van der Waals surface area contributed by atoms with Gasteiger partial charge in [0.05, 0.1) is 0 Å². The summed E-state index contributed by atoms with van der Waals surface area (Å²) in [5.74, 6) is 1.20. The Balaban J connectivity index is 1.54. The Hall–Kier alpha value is -1.30. The second-order valence-corrected chi connectivity index (χ2v) is 8.03. The summed E-state index contributed by atoms with van der Waals surface area (Å²) >= 11 is 0. The SMILES string of the molecule is CN=C(NCCCCCN1CCCCC1)NC1CCN(C(=O)C(C)C)C1. The molecule has 150 valence electrons. The number of nitrogens with zero attached hydrogens (tertiary/aromatic N) is 3. The van der Waals surface area contributed by atoms with Gasteiger partial charge in [0, 0.05) is 38.6 Å². The summed E-state index contributed by atoms with van der Waals surface area (Å²) in [5.41, 5.74) is 0. The van der Waals surface area contributed by atoms with Gasteiger partial charge in [0.15, 0.2) is 5.96 Å². The lowest BCUT2D eigenvalue weighted by Crippen LogP contribution is -2.45. The molecule has 1 unspecified atom stereocenters. The minimum absolute atomic E-state index is 0.0797. The van der Waals surface area contributed by atoms with E-state index < -0.39 is 0 Å². The summed E-state index contributed by atoms with van der Waals surface area (Å²) in [6, 6.07) is 0.308. The van der Waals surface area contributed by atoms with Crippen molar-refractivity contribution in [1.82, 2.24) is 20.4 Å². The molecule has 0 aliphatic carbocycles. The minimum Gasteiger partial charge on any atom is -0.356 e. The van der Waals surface area contributed by atoms with Gasteiger partial charge in [-0.15, -0.1) is 0 Å². The van der Waals surface area contributed by atoms with Crippen molar-refractivity contribution >= 4 is 11.9 Å². The third-order valence-electron chi connectivity index (χ3n) is 5.45. The Morgan fingerprint density at radius 3 is 2.58 bits per heavy atom. The highest BCUT2D eigenvalue weighted by Gasteiger charge is 2.27. The summed E-state index contributed by atoms with van der Waals surface area (Å²) in [5, 5.41) is 6.89. The monoisotopic (exact) mass is 365 g/mol. The lowest BCUT2D eigenvalue weighted by atomic mass is 10.1. The summed E-state index contributed by atoms with van der Waals surface area (Å²) < 4.78 is 0. The van der Waals surface area contributed by atoms with Crippen molar-refractivity contribution in [3.05, 3.63) is 0 Å². The second-order valence-electron chi connectivity index (χ2n) is 8.03. The molecular weight excluding hydrogens is 326 g/mol. The Morgan fingerprint density at radius 1 is 1.12 bits per heavy atom. The molecular formula is C20H39N5O. The van der Waals surface area contributed by atoms with E-state index in [0.717, 1.165) is 32.0 Å². The lowest BCUT2D eigenvalue weighted by molar-refractivity contribution is -0.133. The van der Waals surface area contributed by atoms with Crippen molar-refractivity contribution in [2.24, 2.45) is 10.9 Å². The molecule has 2 rings (SSSR count). The van der Waals surface area contributed by atoms with Crippen molar-refractivity contribution in [3.8, 4) is 0 Å².